The number of amides is 1. The van der Waals surface area contributed by atoms with Gasteiger partial charge in [0.2, 0.25) is 0 Å². The van der Waals surface area contributed by atoms with Crippen molar-refractivity contribution in [1.29, 1.82) is 0 Å². The number of esters is 1. The number of hydrogen-bond acceptors (Lipinski definition) is 4. The van der Waals surface area contributed by atoms with E-state index in [2.05, 4.69) is 10.3 Å². The summed E-state index contributed by atoms with van der Waals surface area (Å²) in [5, 5.41) is 2.93. The average Bonchev–Trinajstić information content (AvgIpc) is 3.11. The fraction of sp³-hybridized carbons (Fsp3) is 0.160. The van der Waals surface area contributed by atoms with Crippen LogP contribution in [0.25, 0.3) is 5.65 Å². The van der Waals surface area contributed by atoms with E-state index in [-0.39, 0.29) is 18.5 Å². The molecule has 0 aliphatic rings. The lowest BCUT2D eigenvalue weighted by atomic mass is 10.1. The molecule has 2 aromatic carbocycles. The van der Waals surface area contributed by atoms with E-state index in [9.17, 15) is 9.59 Å². The smallest absolute Gasteiger partial charge is 0.338 e. The zero-order valence-electron chi connectivity index (χ0n) is 17.5. The molecule has 0 atom stereocenters. The molecule has 6 nitrogen and oxygen atoms in total. The number of rotatable bonds is 6. The first-order valence-corrected chi connectivity index (χ1v) is 10.0. The van der Waals surface area contributed by atoms with Crippen molar-refractivity contribution in [3.8, 4) is 0 Å². The van der Waals surface area contributed by atoms with Gasteiger partial charge in [-0.1, -0.05) is 42.5 Å². The number of ether oxygens (including phenoxy) is 1. The van der Waals surface area contributed by atoms with Crippen molar-refractivity contribution in [2.75, 3.05) is 0 Å². The van der Waals surface area contributed by atoms with Crippen molar-refractivity contribution < 1.29 is 14.3 Å². The summed E-state index contributed by atoms with van der Waals surface area (Å²) in [5.74, 6) is -0.573. The Morgan fingerprint density at radius 1 is 0.968 bits per heavy atom. The van der Waals surface area contributed by atoms with E-state index in [0.717, 1.165) is 22.3 Å². The molecule has 0 spiro atoms. The lowest BCUT2D eigenvalue weighted by molar-refractivity contribution is 0.0472. The van der Waals surface area contributed by atoms with Crippen molar-refractivity contribution >= 4 is 17.5 Å². The van der Waals surface area contributed by atoms with E-state index in [1.165, 1.54) is 0 Å². The Bertz CT molecular complexity index is 1230. The van der Waals surface area contributed by atoms with Crippen molar-refractivity contribution in [2.24, 2.45) is 0 Å². The minimum Gasteiger partial charge on any atom is -0.457 e. The molecule has 1 amide bonds. The summed E-state index contributed by atoms with van der Waals surface area (Å²) in [6.07, 6.45) is 1.86. The number of carbonyl (C=O) groups excluding carboxylic acids is 2. The molecule has 0 unspecified atom stereocenters. The van der Waals surface area contributed by atoms with Crippen LogP contribution in [0.3, 0.4) is 0 Å². The predicted octanol–water partition coefficient (Wildman–Crippen LogP) is 4.24. The van der Waals surface area contributed by atoms with Crippen molar-refractivity contribution in [1.82, 2.24) is 14.7 Å². The first kappa shape index (κ1) is 20.3. The van der Waals surface area contributed by atoms with Crippen molar-refractivity contribution in [3.63, 3.8) is 0 Å². The molecule has 0 radical (unpaired) electrons. The molecule has 31 heavy (non-hydrogen) atoms. The minimum atomic E-state index is -0.379. The highest BCUT2D eigenvalue weighted by Crippen LogP contribution is 2.14. The number of carbonyl (C=O) groups is 2. The summed E-state index contributed by atoms with van der Waals surface area (Å²) in [4.78, 5) is 29.5. The Morgan fingerprint density at radius 2 is 1.71 bits per heavy atom. The van der Waals surface area contributed by atoms with Crippen LogP contribution in [0.5, 0.6) is 0 Å². The van der Waals surface area contributed by atoms with E-state index >= 15 is 0 Å². The van der Waals surface area contributed by atoms with Crippen LogP contribution in [-0.4, -0.2) is 21.3 Å². The zero-order chi connectivity index (χ0) is 21.8. The molecule has 1 N–H and O–H groups in total. The van der Waals surface area contributed by atoms with Gasteiger partial charge in [0.15, 0.2) is 0 Å². The molecule has 0 aliphatic carbocycles. The van der Waals surface area contributed by atoms with E-state index in [4.69, 9.17) is 4.74 Å². The number of aryl methyl sites for hydroxylation is 2. The van der Waals surface area contributed by atoms with Gasteiger partial charge in [0.05, 0.1) is 11.3 Å². The summed E-state index contributed by atoms with van der Waals surface area (Å²) in [6, 6.07) is 20.5. The van der Waals surface area contributed by atoms with Gasteiger partial charge in [-0.25, -0.2) is 9.78 Å². The molecular weight excluding hydrogens is 390 g/mol. The van der Waals surface area contributed by atoms with Gasteiger partial charge in [0.25, 0.3) is 5.91 Å². The quantitative estimate of drug-likeness (QED) is 0.480. The molecule has 4 rings (SSSR count). The highest BCUT2D eigenvalue weighted by molar-refractivity contribution is 5.94. The van der Waals surface area contributed by atoms with Crippen LogP contribution in [0.15, 0.2) is 72.9 Å². The van der Waals surface area contributed by atoms with Gasteiger partial charge < -0.3 is 10.1 Å². The Labute approximate surface area is 180 Å². The summed E-state index contributed by atoms with van der Waals surface area (Å²) in [5.41, 5.74) is 5.34. The largest absolute Gasteiger partial charge is 0.457 e. The summed E-state index contributed by atoms with van der Waals surface area (Å²) in [7, 11) is 0. The van der Waals surface area contributed by atoms with Crippen LogP contribution in [0.1, 0.15) is 43.2 Å². The third kappa shape index (κ3) is 4.64. The van der Waals surface area contributed by atoms with Crippen LogP contribution in [-0.2, 0) is 17.9 Å². The minimum absolute atomic E-state index is 0.194. The maximum absolute atomic E-state index is 12.7. The SMILES string of the molecule is Cc1ccn2c(C(=O)NCc3ccc(C(=O)OCc4ccccc4)cc3)c(C)nc2c1. The topological polar surface area (TPSA) is 72.7 Å². The molecule has 0 saturated carbocycles. The third-order valence-electron chi connectivity index (χ3n) is 5.03. The highest BCUT2D eigenvalue weighted by atomic mass is 16.5. The van der Waals surface area contributed by atoms with Gasteiger partial charge in [0, 0.05) is 12.7 Å². The second-order valence-corrected chi connectivity index (χ2v) is 7.42. The van der Waals surface area contributed by atoms with Crippen LogP contribution in [0.2, 0.25) is 0 Å². The van der Waals surface area contributed by atoms with E-state index < -0.39 is 0 Å². The number of aromatic nitrogens is 2. The number of nitrogens with zero attached hydrogens (tertiary/aromatic N) is 2. The second kappa shape index (κ2) is 8.83. The highest BCUT2D eigenvalue weighted by Gasteiger charge is 2.16. The van der Waals surface area contributed by atoms with E-state index in [0.29, 0.717) is 23.5 Å². The molecule has 0 saturated heterocycles. The average molecular weight is 413 g/mol. The third-order valence-corrected chi connectivity index (χ3v) is 5.03. The van der Waals surface area contributed by atoms with Gasteiger partial charge in [0.1, 0.15) is 17.9 Å². The molecule has 0 bridgehead atoms. The molecule has 2 aromatic heterocycles. The molecule has 0 aliphatic heterocycles. The van der Waals surface area contributed by atoms with Gasteiger partial charge >= 0.3 is 5.97 Å². The van der Waals surface area contributed by atoms with E-state index in [1.807, 2.05) is 74.6 Å². The van der Waals surface area contributed by atoms with Crippen molar-refractivity contribution in [3.05, 3.63) is 107 Å². The van der Waals surface area contributed by atoms with Gasteiger partial charge in [-0.3, -0.25) is 9.20 Å². The van der Waals surface area contributed by atoms with Gasteiger partial charge in [-0.15, -0.1) is 0 Å². The monoisotopic (exact) mass is 413 g/mol. The molecule has 156 valence electrons. The Balaban J connectivity index is 1.37. The van der Waals surface area contributed by atoms with Crippen LogP contribution >= 0.6 is 0 Å². The van der Waals surface area contributed by atoms with Gasteiger partial charge in [-0.2, -0.15) is 0 Å². The molecule has 0 fully saturated rings. The normalized spacial score (nSPS) is 10.8. The molecular formula is C25H23N3O3. The lowest BCUT2D eigenvalue weighted by Gasteiger charge is -2.08. The number of pyridine rings is 1. The lowest BCUT2D eigenvalue weighted by Crippen LogP contribution is -2.25. The zero-order valence-corrected chi connectivity index (χ0v) is 17.5. The molecule has 6 heteroatoms. The van der Waals surface area contributed by atoms with Crippen molar-refractivity contribution in [2.45, 2.75) is 27.0 Å². The summed E-state index contributed by atoms with van der Waals surface area (Å²) < 4.78 is 7.14. The Kier molecular flexibility index (Phi) is 5.80. The molecule has 2 heterocycles. The second-order valence-electron chi connectivity index (χ2n) is 7.42. The van der Waals surface area contributed by atoms with Crippen LogP contribution in [0.4, 0.5) is 0 Å². The Morgan fingerprint density at radius 3 is 2.45 bits per heavy atom. The number of imidazole rings is 1. The summed E-state index contributed by atoms with van der Waals surface area (Å²) >= 11 is 0. The maximum Gasteiger partial charge on any atom is 0.338 e. The maximum atomic E-state index is 12.7. The molecule has 4 aromatic rings. The number of benzene rings is 2. The predicted molar refractivity (Wildman–Crippen MR) is 118 cm³/mol. The van der Waals surface area contributed by atoms with Gasteiger partial charge in [-0.05, 0) is 54.8 Å². The number of nitrogens with one attached hydrogen (secondary N) is 1. The number of hydrogen-bond donors (Lipinski definition) is 1. The Hall–Kier alpha value is -3.93. The summed E-state index contributed by atoms with van der Waals surface area (Å²) in [6.45, 7) is 4.39. The fourth-order valence-electron chi connectivity index (χ4n) is 3.37. The first-order valence-electron chi connectivity index (χ1n) is 10.0. The first-order chi connectivity index (χ1) is 15.0. The fourth-order valence-corrected chi connectivity index (χ4v) is 3.37. The van der Waals surface area contributed by atoms with Crippen LogP contribution in [0, 0.1) is 13.8 Å². The number of fused-ring (bicyclic) bond motifs is 1. The van der Waals surface area contributed by atoms with E-state index in [1.54, 1.807) is 16.5 Å². The van der Waals surface area contributed by atoms with Crippen LogP contribution < -0.4 is 5.32 Å². The standard InChI is InChI=1S/C25H23N3O3/c1-17-12-13-28-22(14-17)27-18(2)23(28)24(29)26-15-19-8-10-21(11-9-19)25(30)31-16-20-6-4-3-5-7-20/h3-14H,15-16H2,1-2H3,(H,26,29).